The number of amides is 1. The van der Waals surface area contributed by atoms with E-state index in [-0.39, 0.29) is 17.9 Å². The number of carbonyl (C=O) groups excluding carboxylic acids is 1. The zero-order chi connectivity index (χ0) is 17.8. The maximum atomic E-state index is 12.7. The molecule has 0 aliphatic carbocycles. The third-order valence-corrected chi connectivity index (χ3v) is 4.97. The smallest absolute Gasteiger partial charge is 0.228 e. The second-order valence-electron chi connectivity index (χ2n) is 6.95. The highest BCUT2D eigenvalue weighted by atomic mass is 16.2. The molecule has 0 spiro atoms. The monoisotopic (exact) mass is 342 g/mol. The maximum absolute atomic E-state index is 12.7. The second kappa shape index (κ2) is 7.63. The molecule has 0 unspecified atom stereocenters. The summed E-state index contributed by atoms with van der Waals surface area (Å²) in [5.41, 5.74) is 0. The molecular weight excluding hydrogens is 316 g/mol. The third-order valence-electron chi connectivity index (χ3n) is 4.97. The van der Waals surface area contributed by atoms with Crippen molar-refractivity contribution in [3.05, 3.63) is 30.7 Å². The zero-order valence-electron chi connectivity index (χ0n) is 15.1. The van der Waals surface area contributed by atoms with Crippen molar-refractivity contribution in [2.24, 2.45) is 11.8 Å². The number of nitrogens with zero attached hydrogens (tertiary/aromatic N) is 5. The number of carbonyl (C=O) groups is 1. The van der Waals surface area contributed by atoms with E-state index < -0.39 is 0 Å². The summed E-state index contributed by atoms with van der Waals surface area (Å²) >= 11 is 0. The lowest BCUT2D eigenvalue weighted by Crippen LogP contribution is -2.39. The average Bonchev–Trinajstić information content (AvgIpc) is 3.09. The van der Waals surface area contributed by atoms with Gasteiger partial charge in [-0.25, -0.2) is 14.6 Å². The predicted octanol–water partition coefficient (Wildman–Crippen LogP) is 2.75. The molecule has 1 saturated heterocycles. The van der Waals surface area contributed by atoms with Gasteiger partial charge in [-0.05, 0) is 31.7 Å². The lowest BCUT2D eigenvalue weighted by Gasteiger charge is -2.31. The van der Waals surface area contributed by atoms with Gasteiger partial charge in [-0.2, -0.15) is 5.10 Å². The quantitative estimate of drug-likeness (QED) is 0.904. The van der Waals surface area contributed by atoms with Crippen molar-refractivity contribution in [2.75, 3.05) is 23.3 Å². The maximum Gasteiger partial charge on any atom is 0.228 e. The van der Waals surface area contributed by atoms with Crippen LogP contribution in [0, 0.1) is 11.8 Å². The van der Waals surface area contributed by atoms with Crippen molar-refractivity contribution in [2.45, 2.75) is 39.7 Å². The minimum absolute atomic E-state index is 0.0117. The minimum atomic E-state index is 0.0117. The fraction of sp³-hybridized carbons (Fsp3) is 0.556. The van der Waals surface area contributed by atoms with Gasteiger partial charge in [0.05, 0.1) is 12.2 Å². The van der Waals surface area contributed by atoms with E-state index >= 15 is 0 Å². The summed E-state index contributed by atoms with van der Waals surface area (Å²) in [5, 5.41) is 7.43. The van der Waals surface area contributed by atoms with Crippen LogP contribution >= 0.6 is 0 Å². The fourth-order valence-electron chi connectivity index (χ4n) is 3.04. The molecule has 2 aromatic rings. The van der Waals surface area contributed by atoms with Gasteiger partial charge in [0.25, 0.3) is 0 Å². The van der Waals surface area contributed by atoms with Gasteiger partial charge in [0.15, 0.2) is 0 Å². The highest BCUT2D eigenvalue weighted by Crippen LogP contribution is 2.24. The van der Waals surface area contributed by atoms with E-state index in [2.05, 4.69) is 46.1 Å². The van der Waals surface area contributed by atoms with Gasteiger partial charge in [0.2, 0.25) is 11.9 Å². The molecule has 7 nitrogen and oxygen atoms in total. The van der Waals surface area contributed by atoms with Crippen LogP contribution in [0.5, 0.6) is 0 Å². The summed E-state index contributed by atoms with van der Waals surface area (Å²) in [6.45, 7) is 8.01. The van der Waals surface area contributed by atoms with Crippen molar-refractivity contribution < 1.29 is 4.79 Å². The predicted molar refractivity (Wildman–Crippen MR) is 97.4 cm³/mol. The summed E-state index contributed by atoms with van der Waals surface area (Å²) in [4.78, 5) is 23.4. The van der Waals surface area contributed by atoms with E-state index in [0.717, 1.165) is 37.7 Å². The number of aromatic nitrogens is 4. The molecule has 134 valence electrons. The Labute approximate surface area is 148 Å². The van der Waals surface area contributed by atoms with Crippen molar-refractivity contribution in [3.63, 3.8) is 0 Å². The fourth-order valence-corrected chi connectivity index (χ4v) is 3.04. The average molecular weight is 342 g/mol. The van der Waals surface area contributed by atoms with Crippen LogP contribution in [0.2, 0.25) is 0 Å². The van der Waals surface area contributed by atoms with Gasteiger partial charge in [-0.3, -0.25) is 4.79 Å². The highest BCUT2D eigenvalue weighted by Gasteiger charge is 2.27. The highest BCUT2D eigenvalue weighted by molar-refractivity contribution is 5.91. The Morgan fingerprint density at radius 2 is 1.84 bits per heavy atom. The largest absolute Gasteiger partial charge is 0.341 e. The van der Waals surface area contributed by atoms with Gasteiger partial charge in [0.1, 0.15) is 5.82 Å². The van der Waals surface area contributed by atoms with Crippen LogP contribution in [-0.4, -0.2) is 38.7 Å². The molecule has 25 heavy (non-hydrogen) atoms. The van der Waals surface area contributed by atoms with Gasteiger partial charge in [0, 0.05) is 37.5 Å². The first-order valence-electron chi connectivity index (χ1n) is 8.92. The van der Waals surface area contributed by atoms with Crippen LogP contribution in [0.4, 0.5) is 11.8 Å². The van der Waals surface area contributed by atoms with Crippen LogP contribution in [0.3, 0.4) is 0 Å². The zero-order valence-corrected chi connectivity index (χ0v) is 15.1. The Bertz CT molecular complexity index is 691. The Morgan fingerprint density at radius 3 is 2.48 bits per heavy atom. The SMILES string of the molecule is CC(C)[C@H](C)n1nccc1NC(=O)C1CCN(c2ncccn2)CC1. The molecular formula is C18H26N6O. The van der Waals surface area contributed by atoms with Crippen LogP contribution in [0.25, 0.3) is 0 Å². The molecule has 1 aliphatic rings. The number of rotatable bonds is 5. The Balaban J connectivity index is 1.58. The van der Waals surface area contributed by atoms with Crippen molar-refractivity contribution >= 4 is 17.7 Å². The number of hydrogen-bond acceptors (Lipinski definition) is 5. The first-order chi connectivity index (χ1) is 12.1. The second-order valence-corrected chi connectivity index (χ2v) is 6.95. The molecule has 7 heteroatoms. The molecule has 1 amide bonds. The Hall–Kier alpha value is -2.44. The number of anilines is 2. The van der Waals surface area contributed by atoms with Crippen LogP contribution in [0.15, 0.2) is 30.7 Å². The van der Waals surface area contributed by atoms with Gasteiger partial charge < -0.3 is 10.2 Å². The van der Waals surface area contributed by atoms with Crippen molar-refractivity contribution in [3.8, 4) is 0 Å². The van der Waals surface area contributed by atoms with Gasteiger partial charge >= 0.3 is 0 Å². The summed E-state index contributed by atoms with van der Waals surface area (Å²) in [6.07, 6.45) is 6.84. The molecule has 0 saturated carbocycles. The van der Waals surface area contributed by atoms with E-state index in [9.17, 15) is 4.79 Å². The standard InChI is InChI=1S/C18H26N6O/c1-13(2)14(3)24-16(5-10-21-24)22-17(25)15-6-11-23(12-7-15)18-19-8-4-9-20-18/h4-5,8-10,13-15H,6-7,11-12H2,1-3H3,(H,22,25)/t14-/m0/s1. The summed E-state index contributed by atoms with van der Waals surface area (Å²) in [7, 11) is 0. The molecule has 2 aromatic heterocycles. The van der Waals surface area contributed by atoms with E-state index in [1.165, 1.54) is 0 Å². The number of piperidine rings is 1. The minimum Gasteiger partial charge on any atom is -0.341 e. The first-order valence-corrected chi connectivity index (χ1v) is 8.92. The summed E-state index contributed by atoms with van der Waals surface area (Å²) < 4.78 is 1.90. The van der Waals surface area contributed by atoms with Gasteiger partial charge in [-0.15, -0.1) is 0 Å². The number of hydrogen-bond donors (Lipinski definition) is 1. The topological polar surface area (TPSA) is 75.9 Å². The molecule has 1 N–H and O–H groups in total. The normalized spacial score (nSPS) is 16.9. The molecule has 1 fully saturated rings. The molecule has 0 aromatic carbocycles. The van der Waals surface area contributed by atoms with Crippen LogP contribution in [0.1, 0.15) is 39.7 Å². The molecule has 3 rings (SSSR count). The number of nitrogens with one attached hydrogen (secondary N) is 1. The van der Waals surface area contributed by atoms with E-state index in [0.29, 0.717) is 5.92 Å². The molecule has 1 atom stereocenters. The summed E-state index contributed by atoms with van der Waals surface area (Å²) in [5.74, 6) is 2.05. The van der Waals surface area contributed by atoms with E-state index in [1.54, 1.807) is 18.6 Å². The van der Waals surface area contributed by atoms with E-state index in [1.807, 2.05) is 16.8 Å². The van der Waals surface area contributed by atoms with Gasteiger partial charge in [-0.1, -0.05) is 13.8 Å². The Morgan fingerprint density at radius 1 is 1.16 bits per heavy atom. The lowest BCUT2D eigenvalue weighted by atomic mass is 9.96. The van der Waals surface area contributed by atoms with Crippen molar-refractivity contribution in [1.29, 1.82) is 0 Å². The Kier molecular flexibility index (Phi) is 5.31. The summed E-state index contributed by atoms with van der Waals surface area (Å²) in [6, 6.07) is 3.91. The van der Waals surface area contributed by atoms with Crippen molar-refractivity contribution in [1.82, 2.24) is 19.7 Å². The van der Waals surface area contributed by atoms with E-state index in [4.69, 9.17) is 0 Å². The molecule has 1 aliphatic heterocycles. The van der Waals surface area contributed by atoms with Crippen LogP contribution in [-0.2, 0) is 4.79 Å². The molecule has 0 radical (unpaired) electrons. The lowest BCUT2D eigenvalue weighted by molar-refractivity contribution is -0.120. The van der Waals surface area contributed by atoms with Crippen LogP contribution < -0.4 is 10.2 Å². The third kappa shape index (κ3) is 3.97. The molecule has 0 bridgehead atoms. The first kappa shape index (κ1) is 17.4. The molecule has 3 heterocycles.